The van der Waals surface area contributed by atoms with Crippen LogP contribution in [0, 0.1) is 21.4 Å². The first-order chi connectivity index (χ1) is 11.9. The third-order valence-corrected chi connectivity index (χ3v) is 3.07. The highest BCUT2D eigenvalue weighted by molar-refractivity contribution is 5.76. The van der Waals surface area contributed by atoms with Crippen molar-refractivity contribution >= 4 is 23.4 Å². The van der Waals surface area contributed by atoms with Crippen LogP contribution in [-0.4, -0.2) is 34.6 Å². The molecule has 128 valence electrons. The van der Waals surface area contributed by atoms with Gasteiger partial charge in [0.15, 0.2) is 12.4 Å². The molecule has 4 N–H and O–H groups in total. The molecule has 11 heteroatoms. The quantitative estimate of drug-likeness (QED) is 0.443. The summed E-state index contributed by atoms with van der Waals surface area (Å²) in [7, 11) is 1.16. The van der Waals surface area contributed by atoms with Crippen molar-refractivity contribution in [3.8, 4) is 23.1 Å². The summed E-state index contributed by atoms with van der Waals surface area (Å²) in [6.45, 7) is -0.493. The van der Waals surface area contributed by atoms with E-state index < -0.39 is 23.2 Å². The summed E-state index contributed by atoms with van der Waals surface area (Å²) < 4.78 is 9.49. The zero-order valence-corrected chi connectivity index (χ0v) is 12.9. The minimum Gasteiger partial charge on any atom is -0.475 e. The Kier molecular flexibility index (Phi) is 4.94. The lowest BCUT2D eigenvalue weighted by molar-refractivity contribution is -0.385. The van der Waals surface area contributed by atoms with Gasteiger partial charge in [-0.1, -0.05) is 0 Å². The third kappa shape index (κ3) is 3.70. The van der Waals surface area contributed by atoms with Crippen molar-refractivity contribution in [2.75, 3.05) is 25.2 Å². The Hall–Kier alpha value is -3.94. The van der Waals surface area contributed by atoms with Crippen molar-refractivity contribution in [1.82, 2.24) is 9.97 Å². The number of methoxy groups -OCH3 is 1. The summed E-state index contributed by atoms with van der Waals surface area (Å²) in [6.07, 6.45) is 0. The van der Waals surface area contributed by atoms with Crippen LogP contribution in [0.5, 0.6) is 5.75 Å². The molecule has 0 aliphatic rings. The largest absolute Gasteiger partial charge is 0.475 e. The summed E-state index contributed by atoms with van der Waals surface area (Å²) in [6, 6.07) is 5.65. The molecule has 2 aromatic rings. The number of nitrogens with two attached hydrogens (primary N) is 2. The van der Waals surface area contributed by atoms with Crippen molar-refractivity contribution in [1.29, 1.82) is 5.26 Å². The van der Waals surface area contributed by atoms with Crippen LogP contribution in [0.4, 0.5) is 17.5 Å². The van der Waals surface area contributed by atoms with Gasteiger partial charge < -0.3 is 20.9 Å². The predicted molar refractivity (Wildman–Crippen MR) is 85.2 cm³/mol. The Bertz CT molecular complexity index is 892. The molecule has 0 amide bonds. The van der Waals surface area contributed by atoms with Gasteiger partial charge in [-0.3, -0.25) is 10.1 Å². The van der Waals surface area contributed by atoms with E-state index in [2.05, 4.69) is 14.7 Å². The van der Waals surface area contributed by atoms with Gasteiger partial charge in [0.1, 0.15) is 17.5 Å². The van der Waals surface area contributed by atoms with Crippen LogP contribution in [0.2, 0.25) is 0 Å². The molecular weight excluding hydrogens is 332 g/mol. The lowest BCUT2D eigenvalue weighted by Gasteiger charge is -2.09. The maximum absolute atomic E-state index is 11.3. The zero-order chi connectivity index (χ0) is 18.6. The minimum absolute atomic E-state index is 0.0510. The van der Waals surface area contributed by atoms with Gasteiger partial charge in [-0.15, -0.1) is 0 Å². The molecule has 0 aliphatic carbocycles. The first kappa shape index (κ1) is 17.4. The standard InChI is InChI=1S/C14H12N6O5/c1-24-11(21)6-25-10-3-2-7(4-9(10)20(22)23)12-8(5-15)13(16)19-14(17)18-12/h2-4H,6H2,1H3,(H4,16,17,18,19). The van der Waals surface area contributed by atoms with Gasteiger partial charge in [0.05, 0.1) is 17.7 Å². The number of nitrogen functional groups attached to an aromatic ring is 2. The molecule has 0 bridgehead atoms. The normalized spacial score (nSPS) is 9.92. The average molecular weight is 344 g/mol. The van der Waals surface area contributed by atoms with Crippen molar-refractivity contribution < 1.29 is 19.2 Å². The summed E-state index contributed by atoms with van der Waals surface area (Å²) in [5.41, 5.74) is 10.9. The number of esters is 1. The molecule has 0 radical (unpaired) electrons. The first-order valence-corrected chi connectivity index (χ1v) is 6.69. The summed E-state index contributed by atoms with van der Waals surface area (Å²) >= 11 is 0. The number of hydrogen-bond acceptors (Lipinski definition) is 10. The lowest BCUT2D eigenvalue weighted by atomic mass is 10.1. The Morgan fingerprint density at radius 3 is 2.72 bits per heavy atom. The van der Waals surface area contributed by atoms with Crippen LogP contribution >= 0.6 is 0 Å². The number of hydrogen-bond donors (Lipinski definition) is 2. The van der Waals surface area contributed by atoms with E-state index in [4.69, 9.17) is 16.2 Å². The molecule has 2 rings (SSSR count). The van der Waals surface area contributed by atoms with Gasteiger partial charge >= 0.3 is 11.7 Å². The Morgan fingerprint density at radius 1 is 1.40 bits per heavy atom. The highest BCUT2D eigenvalue weighted by Crippen LogP contribution is 2.34. The molecule has 0 atom stereocenters. The maximum atomic E-state index is 11.3. The Labute approximate surface area is 141 Å². The molecular formula is C14H12N6O5. The number of nitrogens with zero attached hydrogens (tertiary/aromatic N) is 4. The molecule has 1 heterocycles. The average Bonchev–Trinajstić information content (AvgIpc) is 2.58. The second kappa shape index (κ2) is 7.09. The van der Waals surface area contributed by atoms with E-state index in [0.29, 0.717) is 0 Å². The fourth-order valence-electron chi connectivity index (χ4n) is 1.94. The van der Waals surface area contributed by atoms with E-state index >= 15 is 0 Å². The highest BCUT2D eigenvalue weighted by atomic mass is 16.6. The number of carbonyl (C=O) groups excluding carboxylic acids is 1. The van der Waals surface area contributed by atoms with Gasteiger partial charge in [0, 0.05) is 11.6 Å². The smallest absolute Gasteiger partial charge is 0.343 e. The maximum Gasteiger partial charge on any atom is 0.343 e. The van der Waals surface area contributed by atoms with Crippen LogP contribution in [0.25, 0.3) is 11.3 Å². The molecule has 0 aliphatic heterocycles. The second-order valence-electron chi connectivity index (χ2n) is 4.61. The van der Waals surface area contributed by atoms with Crippen LogP contribution in [0.15, 0.2) is 18.2 Å². The van der Waals surface area contributed by atoms with Gasteiger partial charge in [0.2, 0.25) is 5.95 Å². The minimum atomic E-state index is -0.698. The molecule has 0 spiro atoms. The SMILES string of the molecule is COC(=O)COc1ccc(-c2nc(N)nc(N)c2C#N)cc1[N+](=O)[O-]. The summed E-state index contributed by atoms with van der Waals surface area (Å²) in [5, 5.41) is 20.5. The topological polar surface area (TPSA) is 180 Å². The van der Waals surface area contributed by atoms with E-state index in [0.717, 1.165) is 13.2 Å². The Morgan fingerprint density at radius 2 is 2.12 bits per heavy atom. The van der Waals surface area contributed by atoms with Crippen LogP contribution < -0.4 is 16.2 Å². The van der Waals surface area contributed by atoms with Gasteiger partial charge in [0.25, 0.3) is 0 Å². The number of anilines is 2. The van der Waals surface area contributed by atoms with Gasteiger partial charge in [-0.05, 0) is 12.1 Å². The highest BCUT2D eigenvalue weighted by Gasteiger charge is 2.21. The number of ether oxygens (including phenoxy) is 2. The van der Waals surface area contributed by atoms with E-state index in [-0.39, 0.29) is 34.3 Å². The monoisotopic (exact) mass is 344 g/mol. The van der Waals surface area contributed by atoms with Crippen molar-refractivity contribution in [2.24, 2.45) is 0 Å². The van der Waals surface area contributed by atoms with Crippen LogP contribution in [-0.2, 0) is 9.53 Å². The number of nitriles is 1. The third-order valence-electron chi connectivity index (χ3n) is 3.07. The zero-order valence-electron chi connectivity index (χ0n) is 12.9. The molecule has 25 heavy (non-hydrogen) atoms. The summed E-state index contributed by atoms with van der Waals surface area (Å²) in [5.74, 6) is -1.16. The van der Waals surface area contributed by atoms with E-state index in [9.17, 15) is 20.2 Å². The van der Waals surface area contributed by atoms with Crippen LogP contribution in [0.1, 0.15) is 5.56 Å². The first-order valence-electron chi connectivity index (χ1n) is 6.69. The molecule has 0 saturated heterocycles. The molecule has 0 unspecified atom stereocenters. The van der Waals surface area contributed by atoms with E-state index in [1.807, 2.05) is 6.07 Å². The lowest BCUT2D eigenvalue weighted by Crippen LogP contribution is -2.13. The van der Waals surface area contributed by atoms with Crippen molar-refractivity contribution in [2.45, 2.75) is 0 Å². The fourth-order valence-corrected chi connectivity index (χ4v) is 1.94. The molecule has 1 aromatic heterocycles. The number of aromatic nitrogens is 2. The fraction of sp³-hybridized carbons (Fsp3) is 0.143. The molecule has 0 saturated carbocycles. The number of carbonyl (C=O) groups is 1. The predicted octanol–water partition coefficient (Wildman–Crippen LogP) is 0.640. The van der Waals surface area contributed by atoms with E-state index in [1.54, 1.807) is 0 Å². The number of benzene rings is 1. The number of rotatable bonds is 5. The van der Waals surface area contributed by atoms with Crippen molar-refractivity contribution in [3.63, 3.8) is 0 Å². The van der Waals surface area contributed by atoms with Gasteiger partial charge in [-0.25, -0.2) is 9.78 Å². The molecule has 1 aromatic carbocycles. The number of nitro benzene ring substituents is 1. The van der Waals surface area contributed by atoms with Gasteiger partial charge in [-0.2, -0.15) is 10.2 Å². The molecule has 11 nitrogen and oxygen atoms in total. The second-order valence-corrected chi connectivity index (χ2v) is 4.61. The number of nitro groups is 1. The van der Waals surface area contributed by atoms with Crippen LogP contribution in [0.3, 0.4) is 0 Å². The molecule has 0 fully saturated rings. The summed E-state index contributed by atoms with van der Waals surface area (Å²) in [4.78, 5) is 29.3. The van der Waals surface area contributed by atoms with E-state index in [1.165, 1.54) is 12.1 Å². The van der Waals surface area contributed by atoms with Crippen molar-refractivity contribution in [3.05, 3.63) is 33.9 Å². The Balaban J connectivity index is 2.52.